The summed E-state index contributed by atoms with van der Waals surface area (Å²) in [6.45, 7) is 11.8. The highest BCUT2D eigenvalue weighted by Gasteiger charge is 2.34. The molecular weight excluding hydrogens is 628 g/mol. The van der Waals surface area contributed by atoms with Crippen LogP contribution in [0.15, 0.2) is 65.1 Å². The molecule has 1 heterocycles. The molecule has 9 nitrogen and oxygen atoms in total. The Morgan fingerprint density at radius 1 is 1.13 bits per heavy atom. The van der Waals surface area contributed by atoms with Crippen LogP contribution in [0.5, 0.6) is 0 Å². The van der Waals surface area contributed by atoms with Gasteiger partial charge >= 0.3 is 0 Å². The zero-order chi connectivity index (χ0) is 33.8. The van der Waals surface area contributed by atoms with Gasteiger partial charge in [-0.25, -0.2) is 4.39 Å². The van der Waals surface area contributed by atoms with Gasteiger partial charge in [0.1, 0.15) is 11.9 Å². The molecule has 1 aliphatic carbocycles. The summed E-state index contributed by atoms with van der Waals surface area (Å²) in [4.78, 5) is 29.4. The summed E-state index contributed by atoms with van der Waals surface area (Å²) in [6, 6.07) is 10.8. The number of rotatable bonds is 10. The molecule has 2 aromatic carbocycles. The third-order valence-electron chi connectivity index (χ3n) is 7.46. The lowest BCUT2D eigenvalue weighted by Gasteiger charge is -2.30. The predicted octanol–water partition coefficient (Wildman–Crippen LogP) is 4.56. The average molecular weight is 671 g/mol. The summed E-state index contributed by atoms with van der Waals surface area (Å²) in [7, 11) is -2.54. The fourth-order valence-electron chi connectivity index (χ4n) is 5.36. The Morgan fingerprint density at radius 2 is 1.85 bits per heavy atom. The van der Waals surface area contributed by atoms with Crippen molar-refractivity contribution in [3.05, 3.63) is 71.6 Å². The van der Waals surface area contributed by atoms with Gasteiger partial charge in [0.2, 0.25) is 16.2 Å². The molecule has 4 N–H and O–H groups in total. The van der Waals surface area contributed by atoms with Crippen LogP contribution in [0.4, 0.5) is 15.8 Å². The van der Waals surface area contributed by atoms with Crippen molar-refractivity contribution in [2.24, 2.45) is 0 Å². The van der Waals surface area contributed by atoms with E-state index in [1.165, 1.54) is 34.9 Å². The number of thioether (sulfide) groups is 1. The first-order chi connectivity index (χ1) is 21.5. The number of nitrogens with zero attached hydrogens (tertiary/aromatic N) is 1. The van der Waals surface area contributed by atoms with Crippen LogP contribution in [0.1, 0.15) is 59.9 Å². The number of fused-ring (bicyclic) bond motifs is 1. The van der Waals surface area contributed by atoms with Crippen LogP contribution in [-0.4, -0.2) is 72.3 Å². The van der Waals surface area contributed by atoms with Crippen LogP contribution >= 0.6 is 11.8 Å². The highest BCUT2D eigenvalue weighted by Crippen LogP contribution is 2.37. The number of allylic oxidation sites excluding steroid dienone is 3. The predicted molar refractivity (Wildman–Crippen MR) is 184 cm³/mol. The van der Waals surface area contributed by atoms with Crippen molar-refractivity contribution in [2.75, 3.05) is 29.1 Å². The zero-order valence-electron chi connectivity index (χ0n) is 27.1. The summed E-state index contributed by atoms with van der Waals surface area (Å²) in [5.74, 6) is -0.970. The number of nitrogens with one attached hydrogen (secondary N) is 3. The van der Waals surface area contributed by atoms with Crippen molar-refractivity contribution in [1.29, 1.82) is 0 Å². The number of halogens is 1. The molecule has 2 amide bonds. The highest BCUT2D eigenvalue weighted by atomic mass is 32.2. The van der Waals surface area contributed by atoms with Crippen LogP contribution in [-0.2, 0) is 19.9 Å². The molecule has 0 saturated carbocycles. The number of benzene rings is 2. The van der Waals surface area contributed by atoms with Crippen molar-refractivity contribution < 1.29 is 27.5 Å². The molecule has 0 radical (unpaired) electrons. The lowest BCUT2D eigenvalue weighted by Crippen LogP contribution is -2.52. The van der Waals surface area contributed by atoms with Gasteiger partial charge in [0.05, 0.1) is 16.7 Å². The van der Waals surface area contributed by atoms with Crippen LogP contribution < -0.4 is 20.9 Å². The standard InChI is InChI=1S/C34H43FN4O5S2/c1-21(40)18-36-34(5,6)17-31(41)37-27-20-45-29-16-23(35)12-14-28(29)39(32(27)42)19-22-11-13-25(30(15-22)46(43)44)24-9-7-8-10-26(24)38-33(2,3)4/h7-14,16,21,27,36,38,40H,15,17-20H2,1-6H3,(H,37,41)/t21-,27-/m1/s1. The van der Waals surface area contributed by atoms with Gasteiger partial charge in [0.25, 0.3) is 5.91 Å². The van der Waals surface area contributed by atoms with Crippen molar-refractivity contribution in [3.8, 4) is 0 Å². The van der Waals surface area contributed by atoms with E-state index in [1.807, 2.05) is 65.0 Å². The molecule has 0 bridgehead atoms. The molecule has 46 heavy (non-hydrogen) atoms. The maximum absolute atomic E-state index is 14.3. The third-order valence-corrected chi connectivity index (χ3v) is 9.36. The second-order valence-corrected chi connectivity index (χ2v) is 15.4. The molecule has 12 heteroatoms. The number of hydrogen-bond donors (Lipinski definition) is 4. The molecule has 2 atom stereocenters. The first kappa shape index (κ1) is 35.4. The van der Waals surface area contributed by atoms with E-state index in [4.69, 9.17) is 0 Å². The quantitative estimate of drug-likeness (QED) is 0.271. The Morgan fingerprint density at radius 3 is 2.52 bits per heavy atom. The fraction of sp³-hybridized carbons (Fsp3) is 0.441. The number of carbonyl (C=O) groups is 2. The topological polar surface area (TPSA) is 128 Å². The monoisotopic (exact) mass is 670 g/mol. The molecule has 0 fully saturated rings. The first-order valence-corrected chi connectivity index (χ1v) is 17.3. The van der Waals surface area contributed by atoms with Gasteiger partial charge in [-0.2, -0.15) is 8.42 Å². The van der Waals surface area contributed by atoms with Crippen LogP contribution in [0.25, 0.3) is 5.57 Å². The molecule has 0 aromatic heterocycles. The Balaban J connectivity index is 1.64. The van der Waals surface area contributed by atoms with Crippen LogP contribution in [0.3, 0.4) is 0 Å². The third kappa shape index (κ3) is 9.31. The minimum Gasteiger partial charge on any atom is -0.392 e. The molecule has 2 aliphatic rings. The molecule has 2 aromatic rings. The SMILES string of the molecule is C[C@@H](O)CNC(C)(C)CC(=O)N[C@@H]1CSc2cc(F)ccc2N(CC2=CC=C(c3ccccc3NC(C)(C)C)C(=S(=O)=O)C2)C1=O. The Bertz CT molecular complexity index is 1690. The van der Waals surface area contributed by atoms with E-state index in [0.717, 1.165) is 11.3 Å². The van der Waals surface area contributed by atoms with Crippen LogP contribution in [0.2, 0.25) is 0 Å². The minimum absolute atomic E-state index is 0.0538. The summed E-state index contributed by atoms with van der Waals surface area (Å²) < 4.78 is 39.5. The highest BCUT2D eigenvalue weighted by molar-refractivity contribution is 7.99. The Kier molecular flexibility index (Phi) is 11.2. The van der Waals surface area contributed by atoms with Gasteiger partial charge in [0.15, 0.2) is 0 Å². The zero-order valence-corrected chi connectivity index (χ0v) is 28.7. The van der Waals surface area contributed by atoms with E-state index < -0.39 is 33.8 Å². The van der Waals surface area contributed by atoms with Crippen LogP contribution in [0, 0.1) is 5.82 Å². The average Bonchev–Trinajstić information content (AvgIpc) is 3.07. The van der Waals surface area contributed by atoms with Gasteiger partial charge in [-0.3, -0.25) is 9.59 Å². The van der Waals surface area contributed by atoms with E-state index in [2.05, 4.69) is 16.0 Å². The normalized spacial score (nSPS) is 17.8. The number of amides is 2. The van der Waals surface area contributed by atoms with E-state index in [9.17, 15) is 27.5 Å². The molecule has 0 unspecified atom stereocenters. The van der Waals surface area contributed by atoms with Crippen molar-refractivity contribution in [1.82, 2.24) is 10.6 Å². The van der Waals surface area contributed by atoms with E-state index in [1.54, 1.807) is 13.0 Å². The summed E-state index contributed by atoms with van der Waals surface area (Å²) >= 11 is 1.28. The molecule has 248 valence electrons. The molecule has 0 spiro atoms. The van der Waals surface area contributed by atoms with Crippen molar-refractivity contribution >= 4 is 55.7 Å². The minimum atomic E-state index is -2.54. The molecule has 4 rings (SSSR count). The van der Waals surface area contributed by atoms with Crippen molar-refractivity contribution in [3.63, 3.8) is 0 Å². The number of carbonyl (C=O) groups excluding carboxylic acids is 2. The number of hydrogen-bond acceptors (Lipinski definition) is 8. The number of β-amino-alcohol motifs (C(OH)–C–C–N with tert-alkyl or cyclic N) is 1. The Hall–Kier alpha value is -3.45. The molecule has 0 saturated heterocycles. The first-order valence-electron chi connectivity index (χ1n) is 15.2. The second-order valence-electron chi connectivity index (χ2n) is 13.4. The smallest absolute Gasteiger partial charge is 0.250 e. The largest absolute Gasteiger partial charge is 0.392 e. The lowest BCUT2D eigenvalue weighted by molar-refractivity contribution is -0.127. The van der Waals surface area contributed by atoms with Gasteiger partial charge in [0, 0.05) is 64.5 Å². The maximum atomic E-state index is 14.3. The number of aliphatic hydroxyl groups is 1. The number of para-hydroxylation sites is 1. The Labute approximate surface area is 276 Å². The van der Waals surface area contributed by atoms with Gasteiger partial charge < -0.3 is 26.0 Å². The number of anilines is 2. The molecular formula is C34H43FN4O5S2. The summed E-state index contributed by atoms with van der Waals surface area (Å²) in [6.07, 6.45) is 3.16. The van der Waals surface area contributed by atoms with E-state index in [0.29, 0.717) is 28.3 Å². The second kappa shape index (κ2) is 14.5. The van der Waals surface area contributed by atoms with Gasteiger partial charge in [-0.15, -0.1) is 11.8 Å². The number of aliphatic hydroxyl groups excluding tert-OH is 1. The molecule has 1 aliphatic heterocycles. The fourth-order valence-corrected chi connectivity index (χ4v) is 7.12. The lowest BCUT2D eigenvalue weighted by atomic mass is 9.91. The van der Waals surface area contributed by atoms with Gasteiger partial charge in [-0.1, -0.05) is 30.4 Å². The summed E-state index contributed by atoms with van der Waals surface area (Å²) in [5.41, 5.74) is 2.41. The maximum Gasteiger partial charge on any atom is 0.250 e. The van der Waals surface area contributed by atoms with E-state index >= 15 is 0 Å². The van der Waals surface area contributed by atoms with Gasteiger partial charge in [-0.05, 0) is 71.4 Å². The van der Waals surface area contributed by atoms with Crippen molar-refractivity contribution in [2.45, 2.75) is 82.5 Å². The van der Waals surface area contributed by atoms with E-state index in [-0.39, 0.29) is 47.4 Å². The summed E-state index contributed by atoms with van der Waals surface area (Å²) in [5, 5.41) is 19.1.